The van der Waals surface area contributed by atoms with Gasteiger partial charge in [-0.1, -0.05) is 63.6 Å². The molecule has 0 radical (unpaired) electrons. The Morgan fingerprint density at radius 1 is 0.880 bits per heavy atom. The highest BCUT2D eigenvalue weighted by atomic mass is 28.3. The standard InChI is InChI=1S/C19H31NO4Si/c1-6-8-14-23-18(21)20(19(22)24-15-9-7-2)16-10-12-17(13-11-16)25(3,4)5/h10-13H,6-9,14-15H2,1-5H3. The SMILES string of the molecule is CCCCOC(=O)N(C(=O)OCCCC)c1ccc([Si](C)(C)C)cc1. The smallest absolute Gasteiger partial charge is 0.424 e. The Balaban J connectivity index is 2.96. The number of carbonyl (C=O) groups excluding carboxylic acids is 2. The first-order valence-electron chi connectivity index (χ1n) is 9.05. The van der Waals surface area contributed by atoms with Crippen LogP contribution in [0.4, 0.5) is 15.3 Å². The molecule has 0 aliphatic heterocycles. The molecule has 6 heteroatoms. The first-order valence-corrected chi connectivity index (χ1v) is 12.6. The first kappa shape index (κ1) is 21.2. The van der Waals surface area contributed by atoms with E-state index in [1.54, 1.807) is 12.1 Å². The van der Waals surface area contributed by atoms with E-state index in [1.165, 1.54) is 5.19 Å². The van der Waals surface area contributed by atoms with Crippen LogP contribution in [0, 0.1) is 0 Å². The van der Waals surface area contributed by atoms with Gasteiger partial charge in [0.2, 0.25) is 0 Å². The summed E-state index contributed by atoms with van der Waals surface area (Å²) in [6.45, 7) is 11.4. The monoisotopic (exact) mass is 365 g/mol. The van der Waals surface area contributed by atoms with Crippen LogP contribution in [0.5, 0.6) is 0 Å². The maximum atomic E-state index is 12.4. The van der Waals surface area contributed by atoms with Gasteiger partial charge in [0.05, 0.1) is 27.0 Å². The first-order chi connectivity index (χ1) is 11.8. The Morgan fingerprint density at radius 3 is 1.68 bits per heavy atom. The van der Waals surface area contributed by atoms with Gasteiger partial charge in [-0.25, -0.2) is 9.59 Å². The normalized spacial score (nSPS) is 11.1. The van der Waals surface area contributed by atoms with E-state index in [0.29, 0.717) is 18.9 Å². The molecule has 0 aliphatic carbocycles. The summed E-state index contributed by atoms with van der Waals surface area (Å²) in [6.07, 6.45) is 1.99. The molecule has 0 aromatic heterocycles. The Hall–Kier alpha value is -1.82. The van der Waals surface area contributed by atoms with E-state index >= 15 is 0 Å². The average molecular weight is 366 g/mol. The molecule has 0 fully saturated rings. The summed E-state index contributed by atoms with van der Waals surface area (Å²) in [5.74, 6) is 0. The van der Waals surface area contributed by atoms with Crippen molar-refractivity contribution in [1.82, 2.24) is 0 Å². The molecule has 0 saturated carbocycles. The summed E-state index contributed by atoms with van der Waals surface area (Å²) >= 11 is 0. The summed E-state index contributed by atoms with van der Waals surface area (Å²) in [7, 11) is -1.45. The van der Waals surface area contributed by atoms with E-state index in [1.807, 2.05) is 26.0 Å². The van der Waals surface area contributed by atoms with Gasteiger partial charge in [-0.2, -0.15) is 4.90 Å². The molecule has 25 heavy (non-hydrogen) atoms. The lowest BCUT2D eigenvalue weighted by Gasteiger charge is -2.22. The van der Waals surface area contributed by atoms with Crippen molar-refractivity contribution >= 4 is 31.1 Å². The summed E-state index contributed by atoms with van der Waals surface area (Å²) < 4.78 is 10.4. The van der Waals surface area contributed by atoms with Gasteiger partial charge in [-0.15, -0.1) is 0 Å². The van der Waals surface area contributed by atoms with Crippen molar-refractivity contribution < 1.29 is 19.1 Å². The zero-order valence-electron chi connectivity index (χ0n) is 16.1. The van der Waals surface area contributed by atoms with Crippen LogP contribution in [-0.2, 0) is 9.47 Å². The van der Waals surface area contributed by atoms with Crippen molar-refractivity contribution in [2.45, 2.75) is 59.2 Å². The molecular formula is C19H31NO4Si. The second kappa shape index (κ2) is 10.2. The minimum atomic E-state index is -1.45. The third kappa shape index (κ3) is 6.90. The Morgan fingerprint density at radius 2 is 1.32 bits per heavy atom. The van der Waals surface area contributed by atoms with E-state index in [4.69, 9.17) is 9.47 Å². The molecule has 0 spiro atoms. The van der Waals surface area contributed by atoms with Gasteiger partial charge in [-0.05, 0) is 25.0 Å². The van der Waals surface area contributed by atoms with Gasteiger partial charge in [0, 0.05) is 0 Å². The van der Waals surface area contributed by atoms with Gasteiger partial charge in [-0.3, -0.25) is 0 Å². The van der Waals surface area contributed by atoms with E-state index in [-0.39, 0.29) is 0 Å². The van der Waals surface area contributed by atoms with Crippen molar-refractivity contribution in [1.29, 1.82) is 0 Å². The van der Waals surface area contributed by atoms with Crippen LogP contribution in [0.3, 0.4) is 0 Å². The van der Waals surface area contributed by atoms with E-state index in [9.17, 15) is 9.59 Å². The number of benzene rings is 1. The number of carbonyl (C=O) groups is 2. The number of hydrogen-bond acceptors (Lipinski definition) is 4. The third-order valence-electron chi connectivity index (χ3n) is 3.80. The molecule has 0 aliphatic rings. The number of hydrogen-bond donors (Lipinski definition) is 0. The average Bonchev–Trinajstić information content (AvgIpc) is 2.55. The number of anilines is 1. The molecule has 1 rings (SSSR count). The predicted octanol–water partition coefficient (Wildman–Crippen LogP) is 4.91. The molecule has 1 aromatic carbocycles. The molecule has 5 nitrogen and oxygen atoms in total. The Bertz CT molecular complexity index is 530. The molecule has 0 atom stereocenters. The largest absolute Gasteiger partial charge is 0.449 e. The van der Waals surface area contributed by atoms with Gasteiger partial charge in [0.25, 0.3) is 0 Å². The van der Waals surface area contributed by atoms with Gasteiger partial charge in [0.15, 0.2) is 0 Å². The van der Waals surface area contributed by atoms with Gasteiger partial charge >= 0.3 is 12.2 Å². The predicted molar refractivity (Wildman–Crippen MR) is 104 cm³/mol. The molecule has 0 saturated heterocycles. The van der Waals surface area contributed by atoms with Crippen LogP contribution < -0.4 is 10.1 Å². The van der Waals surface area contributed by atoms with Crippen LogP contribution in [0.1, 0.15) is 39.5 Å². The number of amides is 2. The topological polar surface area (TPSA) is 55.8 Å². The van der Waals surface area contributed by atoms with Crippen LogP contribution in [0.15, 0.2) is 24.3 Å². The molecule has 0 N–H and O–H groups in total. The lowest BCUT2D eigenvalue weighted by Crippen LogP contribution is -2.40. The van der Waals surface area contributed by atoms with Crippen LogP contribution in [0.2, 0.25) is 19.6 Å². The lowest BCUT2D eigenvalue weighted by molar-refractivity contribution is 0.133. The highest BCUT2D eigenvalue weighted by molar-refractivity contribution is 6.88. The van der Waals surface area contributed by atoms with E-state index in [0.717, 1.165) is 30.6 Å². The van der Waals surface area contributed by atoms with E-state index in [2.05, 4.69) is 19.6 Å². The Labute approximate surface area is 152 Å². The molecule has 0 unspecified atom stereocenters. The number of nitrogens with zero attached hydrogens (tertiary/aromatic N) is 1. The number of unbranched alkanes of at least 4 members (excludes halogenated alkanes) is 2. The summed E-state index contributed by atoms with van der Waals surface area (Å²) in [6, 6.07) is 7.53. The van der Waals surface area contributed by atoms with Crippen molar-refractivity contribution in [3.8, 4) is 0 Å². The molecule has 2 amide bonds. The molecule has 0 bridgehead atoms. The summed E-state index contributed by atoms with van der Waals surface area (Å²) in [5.41, 5.74) is 0.477. The maximum Gasteiger partial charge on any atom is 0.424 e. The zero-order valence-corrected chi connectivity index (χ0v) is 17.1. The van der Waals surface area contributed by atoms with Crippen molar-refractivity contribution in [3.05, 3.63) is 24.3 Å². The quantitative estimate of drug-likeness (QED) is 0.485. The lowest BCUT2D eigenvalue weighted by atomic mass is 10.3. The van der Waals surface area contributed by atoms with Gasteiger partial charge in [0.1, 0.15) is 0 Å². The Kier molecular flexibility index (Phi) is 8.68. The molecule has 1 aromatic rings. The maximum absolute atomic E-state index is 12.4. The fourth-order valence-corrected chi connectivity index (χ4v) is 3.30. The zero-order chi connectivity index (χ0) is 18.9. The fraction of sp³-hybridized carbons (Fsp3) is 0.579. The van der Waals surface area contributed by atoms with Crippen LogP contribution >= 0.6 is 0 Å². The third-order valence-corrected chi connectivity index (χ3v) is 5.87. The highest BCUT2D eigenvalue weighted by Crippen LogP contribution is 2.17. The minimum Gasteiger partial charge on any atom is -0.449 e. The summed E-state index contributed by atoms with van der Waals surface area (Å²) in [5, 5.41) is 1.26. The van der Waals surface area contributed by atoms with Crippen LogP contribution in [0.25, 0.3) is 0 Å². The minimum absolute atomic E-state index is 0.293. The van der Waals surface area contributed by atoms with Crippen molar-refractivity contribution in [2.75, 3.05) is 18.1 Å². The van der Waals surface area contributed by atoms with Crippen molar-refractivity contribution in [3.63, 3.8) is 0 Å². The van der Waals surface area contributed by atoms with Gasteiger partial charge < -0.3 is 9.47 Å². The highest BCUT2D eigenvalue weighted by Gasteiger charge is 2.27. The second-order valence-corrected chi connectivity index (χ2v) is 12.1. The molecular weight excluding hydrogens is 334 g/mol. The van der Waals surface area contributed by atoms with Crippen LogP contribution in [-0.4, -0.2) is 33.5 Å². The van der Waals surface area contributed by atoms with E-state index < -0.39 is 20.3 Å². The number of imide groups is 1. The number of rotatable bonds is 8. The summed E-state index contributed by atoms with van der Waals surface area (Å²) in [4.78, 5) is 25.8. The second-order valence-electron chi connectivity index (χ2n) is 7.07. The molecule has 0 heterocycles. The number of ether oxygens (including phenoxy) is 2. The molecule has 140 valence electrons. The van der Waals surface area contributed by atoms with Crippen molar-refractivity contribution in [2.24, 2.45) is 0 Å². The fourth-order valence-electron chi connectivity index (χ4n) is 2.13.